The van der Waals surface area contributed by atoms with E-state index in [1.54, 1.807) is 0 Å². The molecule has 0 radical (unpaired) electrons. The highest BCUT2D eigenvalue weighted by molar-refractivity contribution is 8.00. The Balaban J connectivity index is 2.64. The number of aliphatic imine (C=N–C) groups is 2. The summed E-state index contributed by atoms with van der Waals surface area (Å²) in [4.78, 5) is 26.8. The molecule has 1 fully saturated rings. The second-order valence-electron chi connectivity index (χ2n) is 2.06. The molecule has 0 aromatic carbocycles. The van der Waals surface area contributed by atoms with Crippen molar-refractivity contribution in [2.45, 2.75) is 17.8 Å². The Morgan fingerprint density at radius 1 is 1.27 bits per heavy atom. The molecule has 1 aliphatic heterocycles. The van der Waals surface area contributed by atoms with Crippen LogP contribution >= 0.6 is 11.8 Å². The summed E-state index contributed by atoms with van der Waals surface area (Å²) in [5.74, 6) is 0.881. The zero-order valence-electron chi connectivity index (χ0n) is 5.69. The van der Waals surface area contributed by atoms with Crippen molar-refractivity contribution in [2.75, 3.05) is 5.75 Å². The molecule has 0 saturated carbocycles. The highest BCUT2D eigenvalue weighted by Crippen LogP contribution is 2.29. The fourth-order valence-electron chi connectivity index (χ4n) is 0.934. The van der Waals surface area contributed by atoms with Gasteiger partial charge in [0.25, 0.3) is 0 Å². The van der Waals surface area contributed by atoms with Crippen molar-refractivity contribution in [1.82, 2.24) is 0 Å². The molecule has 0 aromatic heterocycles. The average Bonchev–Trinajstić information content (AvgIpc) is 2.39. The molecule has 0 amide bonds. The monoisotopic (exact) mass is 170 g/mol. The lowest BCUT2D eigenvalue weighted by atomic mass is 10.2. The summed E-state index contributed by atoms with van der Waals surface area (Å²) >= 11 is 1.51. The van der Waals surface area contributed by atoms with E-state index in [2.05, 4.69) is 9.98 Å². The second-order valence-corrected chi connectivity index (χ2v) is 3.28. The standard InChI is InChI=1S/C6H6N2O2S/c9-3-7-5-1-2-11-6(5)8-4-10/h5-6H,1-2H2. The molecule has 1 aliphatic rings. The third-order valence-corrected chi connectivity index (χ3v) is 2.66. The third kappa shape index (κ3) is 2.02. The molecular formula is C6H6N2O2S. The van der Waals surface area contributed by atoms with Crippen molar-refractivity contribution >= 4 is 23.9 Å². The van der Waals surface area contributed by atoms with Gasteiger partial charge in [-0.3, -0.25) is 0 Å². The summed E-state index contributed by atoms with van der Waals surface area (Å²) in [5.41, 5.74) is 0. The lowest BCUT2D eigenvalue weighted by Gasteiger charge is -2.03. The van der Waals surface area contributed by atoms with Crippen LogP contribution in [0.15, 0.2) is 9.98 Å². The number of hydrogen-bond donors (Lipinski definition) is 0. The molecule has 2 unspecified atom stereocenters. The lowest BCUT2D eigenvalue weighted by molar-refractivity contribution is 0.548. The van der Waals surface area contributed by atoms with E-state index in [0.717, 1.165) is 12.2 Å². The summed E-state index contributed by atoms with van der Waals surface area (Å²) in [6.45, 7) is 0. The first-order chi connectivity index (χ1) is 5.38. The van der Waals surface area contributed by atoms with Gasteiger partial charge in [-0.15, -0.1) is 11.8 Å². The minimum Gasteiger partial charge on any atom is -0.211 e. The molecule has 0 aromatic rings. The molecule has 0 N–H and O–H groups in total. The first kappa shape index (κ1) is 8.21. The highest BCUT2D eigenvalue weighted by atomic mass is 32.2. The molecule has 5 heteroatoms. The molecule has 0 aliphatic carbocycles. The van der Waals surface area contributed by atoms with E-state index >= 15 is 0 Å². The summed E-state index contributed by atoms with van der Waals surface area (Å²) in [7, 11) is 0. The van der Waals surface area contributed by atoms with Gasteiger partial charge in [0.15, 0.2) is 0 Å². The number of thioether (sulfide) groups is 1. The van der Waals surface area contributed by atoms with E-state index in [0.29, 0.717) is 0 Å². The Bertz CT molecular complexity index is 207. The minimum absolute atomic E-state index is 0.168. The third-order valence-electron chi connectivity index (χ3n) is 1.43. The van der Waals surface area contributed by atoms with Crippen molar-refractivity contribution in [1.29, 1.82) is 0 Å². The quantitative estimate of drug-likeness (QED) is 0.447. The van der Waals surface area contributed by atoms with Crippen LogP contribution in [-0.4, -0.2) is 29.3 Å². The van der Waals surface area contributed by atoms with Gasteiger partial charge < -0.3 is 0 Å². The Kier molecular flexibility index (Phi) is 3.05. The van der Waals surface area contributed by atoms with Gasteiger partial charge in [-0.1, -0.05) is 0 Å². The van der Waals surface area contributed by atoms with Crippen LogP contribution in [0.5, 0.6) is 0 Å². The Hall–Kier alpha value is -0.890. The molecule has 58 valence electrons. The van der Waals surface area contributed by atoms with Crippen LogP contribution in [0.4, 0.5) is 0 Å². The average molecular weight is 170 g/mol. The van der Waals surface area contributed by atoms with Crippen molar-refractivity contribution in [2.24, 2.45) is 9.98 Å². The maximum atomic E-state index is 9.87. The number of carbonyl (C=O) groups excluding carboxylic acids is 2. The van der Waals surface area contributed by atoms with Crippen LogP contribution in [0.2, 0.25) is 0 Å². The number of rotatable bonds is 2. The van der Waals surface area contributed by atoms with Gasteiger partial charge in [0.1, 0.15) is 5.37 Å². The predicted molar refractivity (Wildman–Crippen MR) is 40.9 cm³/mol. The van der Waals surface area contributed by atoms with Gasteiger partial charge in [0, 0.05) is 0 Å². The molecule has 4 nitrogen and oxygen atoms in total. The van der Waals surface area contributed by atoms with Crippen molar-refractivity contribution in [3.63, 3.8) is 0 Å². The van der Waals surface area contributed by atoms with E-state index in [1.165, 1.54) is 23.9 Å². The molecule has 11 heavy (non-hydrogen) atoms. The van der Waals surface area contributed by atoms with Crippen LogP contribution in [0.25, 0.3) is 0 Å². The largest absolute Gasteiger partial charge is 0.236 e. The van der Waals surface area contributed by atoms with Gasteiger partial charge in [-0.05, 0) is 12.2 Å². The molecular weight excluding hydrogens is 164 g/mol. The Labute approximate surface area is 67.8 Å². The fourth-order valence-corrected chi connectivity index (χ4v) is 2.09. The number of hydrogen-bond acceptors (Lipinski definition) is 5. The van der Waals surface area contributed by atoms with Crippen LogP contribution in [-0.2, 0) is 9.59 Å². The fraction of sp³-hybridized carbons (Fsp3) is 0.667. The smallest absolute Gasteiger partial charge is 0.211 e. The summed E-state index contributed by atoms with van der Waals surface area (Å²) in [6.07, 6.45) is 3.72. The van der Waals surface area contributed by atoms with Gasteiger partial charge >= 0.3 is 0 Å². The van der Waals surface area contributed by atoms with Gasteiger partial charge in [0.2, 0.25) is 12.2 Å². The lowest BCUT2D eigenvalue weighted by Crippen LogP contribution is -2.12. The zero-order chi connectivity index (χ0) is 8.10. The van der Waals surface area contributed by atoms with Crippen LogP contribution < -0.4 is 0 Å². The van der Waals surface area contributed by atoms with Crippen LogP contribution in [0.1, 0.15) is 6.42 Å². The van der Waals surface area contributed by atoms with Crippen LogP contribution in [0.3, 0.4) is 0 Å². The van der Waals surface area contributed by atoms with Gasteiger partial charge in [-0.25, -0.2) is 9.59 Å². The minimum atomic E-state index is -0.214. The molecule has 2 atom stereocenters. The predicted octanol–water partition coefficient (Wildman–Crippen LogP) is 0.490. The van der Waals surface area contributed by atoms with Gasteiger partial charge in [-0.2, -0.15) is 9.98 Å². The Morgan fingerprint density at radius 2 is 2.00 bits per heavy atom. The second kappa shape index (κ2) is 4.09. The van der Waals surface area contributed by atoms with Crippen LogP contribution in [0, 0.1) is 0 Å². The maximum absolute atomic E-state index is 9.87. The zero-order valence-corrected chi connectivity index (χ0v) is 6.50. The summed E-state index contributed by atoms with van der Waals surface area (Å²) < 4.78 is 0. The molecule has 0 bridgehead atoms. The van der Waals surface area contributed by atoms with Crippen molar-refractivity contribution < 1.29 is 9.59 Å². The molecule has 1 heterocycles. The van der Waals surface area contributed by atoms with E-state index in [1.807, 2.05) is 0 Å². The maximum Gasteiger partial charge on any atom is 0.236 e. The first-order valence-electron chi connectivity index (χ1n) is 3.14. The first-order valence-corrected chi connectivity index (χ1v) is 4.19. The molecule has 0 spiro atoms. The topological polar surface area (TPSA) is 58.9 Å². The van der Waals surface area contributed by atoms with E-state index in [-0.39, 0.29) is 11.4 Å². The SMILES string of the molecule is O=C=NC1CCSC1N=C=O. The highest BCUT2D eigenvalue weighted by Gasteiger charge is 2.27. The number of isocyanates is 2. The molecule has 1 saturated heterocycles. The van der Waals surface area contributed by atoms with E-state index in [9.17, 15) is 9.59 Å². The van der Waals surface area contributed by atoms with Crippen molar-refractivity contribution in [3.8, 4) is 0 Å². The Morgan fingerprint density at radius 3 is 2.64 bits per heavy atom. The molecule has 1 rings (SSSR count). The summed E-state index contributed by atoms with van der Waals surface area (Å²) in [5, 5.41) is -0.214. The van der Waals surface area contributed by atoms with E-state index in [4.69, 9.17) is 0 Å². The van der Waals surface area contributed by atoms with Gasteiger partial charge in [0.05, 0.1) is 6.04 Å². The van der Waals surface area contributed by atoms with Crippen molar-refractivity contribution in [3.05, 3.63) is 0 Å². The summed E-state index contributed by atoms with van der Waals surface area (Å²) in [6, 6.07) is -0.168. The number of nitrogens with zero attached hydrogens (tertiary/aromatic N) is 2. The normalized spacial score (nSPS) is 28.7. The van der Waals surface area contributed by atoms with E-state index < -0.39 is 0 Å².